The number of likely N-dealkylation sites (tertiary alicyclic amines) is 1. The lowest BCUT2D eigenvalue weighted by Crippen LogP contribution is -2.36. The van der Waals surface area contributed by atoms with Crippen LogP contribution in [-0.2, 0) is 4.79 Å². The van der Waals surface area contributed by atoms with E-state index < -0.39 is 0 Å². The molecule has 1 aliphatic carbocycles. The number of aliphatic hydroxyl groups is 1. The fraction of sp³-hybridized carbons (Fsp3) is 0.786. The summed E-state index contributed by atoms with van der Waals surface area (Å²) in [6.07, 6.45) is 6.47. The van der Waals surface area contributed by atoms with Gasteiger partial charge in [-0.05, 0) is 30.1 Å². The number of hydrogen-bond donors (Lipinski definition) is 1. The molecule has 2 unspecified atom stereocenters. The Kier molecular flexibility index (Phi) is 3.06. The summed E-state index contributed by atoms with van der Waals surface area (Å²) in [7, 11) is 0. The van der Waals surface area contributed by atoms with Gasteiger partial charge >= 0.3 is 0 Å². The van der Waals surface area contributed by atoms with Crippen LogP contribution in [0.5, 0.6) is 0 Å². The molecule has 1 heterocycles. The van der Waals surface area contributed by atoms with Crippen LogP contribution in [0.15, 0.2) is 12.2 Å². The molecule has 2 aliphatic rings. The van der Waals surface area contributed by atoms with Gasteiger partial charge in [-0.1, -0.05) is 26.8 Å². The van der Waals surface area contributed by atoms with Gasteiger partial charge in [-0.2, -0.15) is 0 Å². The molecule has 2 fully saturated rings. The van der Waals surface area contributed by atoms with Crippen LogP contribution in [-0.4, -0.2) is 35.1 Å². The van der Waals surface area contributed by atoms with E-state index in [9.17, 15) is 4.79 Å². The topological polar surface area (TPSA) is 40.5 Å². The molecule has 1 N–H and O–H groups in total. The average Bonchev–Trinajstić information content (AvgIpc) is 2.44. The van der Waals surface area contributed by atoms with Crippen molar-refractivity contribution in [2.45, 2.75) is 46.1 Å². The summed E-state index contributed by atoms with van der Waals surface area (Å²) in [6.45, 7) is 7.70. The molecule has 1 saturated carbocycles. The van der Waals surface area contributed by atoms with E-state index in [0.717, 1.165) is 19.4 Å². The second kappa shape index (κ2) is 4.13. The lowest BCUT2D eigenvalue weighted by molar-refractivity contribution is -0.127. The zero-order valence-corrected chi connectivity index (χ0v) is 11.1. The molecule has 0 aromatic rings. The maximum Gasteiger partial charge on any atom is 0.246 e. The quantitative estimate of drug-likeness (QED) is 0.746. The number of carbonyl (C=O) groups excluding carboxylic acids is 1. The minimum Gasteiger partial charge on any atom is -0.392 e. The fourth-order valence-electron chi connectivity index (χ4n) is 3.97. The Morgan fingerprint density at radius 1 is 1.41 bits per heavy atom. The molecule has 2 rings (SSSR count). The fourth-order valence-corrected chi connectivity index (χ4v) is 3.97. The van der Waals surface area contributed by atoms with E-state index in [0.29, 0.717) is 11.5 Å². The van der Waals surface area contributed by atoms with Crippen molar-refractivity contribution in [3.63, 3.8) is 0 Å². The molecule has 0 aromatic heterocycles. The van der Waals surface area contributed by atoms with Crippen molar-refractivity contribution in [1.82, 2.24) is 4.90 Å². The summed E-state index contributed by atoms with van der Waals surface area (Å²) < 4.78 is 0. The van der Waals surface area contributed by atoms with E-state index in [4.69, 9.17) is 5.11 Å². The van der Waals surface area contributed by atoms with Crippen molar-refractivity contribution in [3.05, 3.63) is 12.2 Å². The first-order valence-electron chi connectivity index (χ1n) is 6.43. The Bertz CT molecular complexity index is 348. The minimum absolute atomic E-state index is 0.0606. The Balaban J connectivity index is 2.13. The molecule has 96 valence electrons. The second-order valence-electron chi connectivity index (χ2n) is 6.76. The largest absolute Gasteiger partial charge is 0.392 e. The monoisotopic (exact) mass is 237 g/mol. The highest BCUT2D eigenvalue weighted by atomic mass is 16.2. The smallest absolute Gasteiger partial charge is 0.246 e. The van der Waals surface area contributed by atoms with Gasteiger partial charge in [0, 0.05) is 18.7 Å². The SMILES string of the molecule is CC1(C)CC2CC(C)(CN2C(=O)C=CCO)C1. The zero-order chi connectivity index (χ0) is 12.7. The highest BCUT2D eigenvalue weighted by Crippen LogP contribution is 2.52. The van der Waals surface area contributed by atoms with Crippen LogP contribution in [0.4, 0.5) is 0 Å². The van der Waals surface area contributed by atoms with Crippen molar-refractivity contribution in [2.75, 3.05) is 13.2 Å². The summed E-state index contributed by atoms with van der Waals surface area (Å²) in [5.41, 5.74) is 0.628. The summed E-state index contributed by atoms with van der Waals surface area (Å²) in [6, 6.07) is 0.389. The number of carbonyl (C=O) groups is 1. The Labute approximate surface area is 103 Å². The van der Waals surface area contributed by atoms with Crippen molar-refractivity contribution in [1.29, 1.82) is 0 Å². The molecule has 2 atom stereocenters. The maximum absolute atomic E-state index is 12.0. The van der Waals surface area contributed by atoms with Gasteiger partial charge in [-0.15, -0.1) is 0 Å². The third-order valence-corrected chi connectivity index (χ3v) is 4.06. The van der Waals surface area contributed by atoms with Gasteiger partial charge < -0.3 is 10.0 Å². The molecule has 3 heteroatoms. The van der Waals surface area contributed by atoms with E-state index in [-0.39, 0.29) is 17.9 Å². The lowest BCUT2D eigenvalue weighted by atomic mass is 9.65. The third-order valence-electron chi connectivity index (χ3n) is 4.06. The van der Waals surface area contributed by atoms with Gasteiger partial charge in [0.25, 0.3) is 0 Å². The summed E-state index contributed by atoms with van der Waals surface area (Å²) in [5, 5.41) is 8.72. The molecule has 0 radical (unpaired) electrons. The van der Waals surface area contributed by atoms with Crippen LogP contribution in [0.1, 0.15) is 40.0 Å². The van der Waals surface area contributed by atoms with Crippen molar-refractivity contribution in [2.24, 2.45) is 10.8 Å². The highest BCUT2D eigenvalue weighted by molar-refractivity contribution is 5.88. The van der Waals surface area contributed by atoms with Gasteiger partial charge in [-0.25, -0.2) is 0 Å². The molecule has 0 aromatic carbocycles. The molecular formula is C14H23NO2. The van der Waals surface area contributed by atoms with Crippen LogP contribution in [0.25, 0.3) is 0 Å². The van der Waals surface area contributed by atoms with Gasteiger partial charge in [0.05, 0.1) is 6.61 Å². The van der Waals surface area contributed by atoms with Gasteiger partial charge in [0.1, 0.15) is 0 Å². The molecule has 1 amide bonds. The van der Waals surface area contributed by atoms with Gasteiger partial charge in [0.2, 0.25) is 5.91 Å². The molecule has 0 spiro atoms. The van der Waals surface area contributed by atoms with Crippen LogP contribution in [0, 0.1) is 10.8 Å². The van der Waals surface area contributed by atoms with E-state index in [2.05, 4.69) is 20.8 Å². The second-order valence-corrected chi connectivity index (χ2v) is 6.76. The Morgan fingerprint density at radius 2 is 2.12 bits per heavy atom. The van der Waals surface area contributed by atoms with Crippen molar-refractivity contribution < 1.29 is 9.90 Å². The summed E-state index contributed by atoms with van der Waals surface area (Å²) >= 11 is 0. The zero-order valence-electron chi connectivity index (χ0n) is 11.1. The number of fused-ring (bicyclic) bond motifs is 2. The summed E-state index contributed by atoms with van der Waals surface area (Å²) in [4.78, 5) is 14.0. The van der Waals surface area contributed by atoms with E-state index in [1.54, 1.807) is 0 Å². The number of aliphatic hydroxyl groups excluding tert-OH is 1. The summed E-state index contributed by atoms with van der Waals surface area (Å²) in [5.74, 6) is 0.0606. The molecule has 3 nitrogen and oxygen atoms in total. The molecule has 2 bridgehead atoms. The molecule has 1 aliphatic heterocycles. The van der Waals surface area contributed by atoms with Crippen LogP contribution < -0.4 is 0 Å². The Hall–Kier alpha value is -0.830. The van der Waals surface area contributed by atoms with Crippen molar-refractivity contribution >= 4 is 5.91 Å². The number of hydrogen-bond acceptors (Lipinski definition) is 2. The third kappa shape index (κ3) is 2.54. The lowest BCUT2D eigenvalue weighted by Gasteiger charge is -2.39. The maximum atomic E-state index is 12.0. The van der Waals surface area contributed by atoms with E-state index in [1.807, 2.05) is 4.90 Å². The Morgan fingerprint density at radius 3 is 2.76 bits per heavy atom. The number of rotatable bonds is 2. The standard InChI is InChI=1S/C14H23NO2/c1-13(2)7-11-8-14(3,9-13)10-15(11)12(17)5-4-6-16/h4-5,11,16H,6-10H2,1-3H3. The first-order valence-corrected chi connectivity index (χ1v) is 6.43. The number of amides is 1. The highest BCUT2D eigenvalue weighted by Gasteiger charge is 2.50. The minimum atomic E-state index is -0.0625. The van der Waals surface area contributed by atoms with Gasteiger partial charge in [0.15, 0.2) is 0 Å². The predicted octanol–water partition coefficient (Wildman–Crippen LogP) is 1.96. The molecular weight excluding hydrogens is 214 g/mol. The van der Waals surface area contributed by atoms with Crippen LogP contribution in [0.3, 0.4) is 0 Å². The average molecular weight is 237 g/mol. The normalized spacial score (nSPS) is 35.5. The van der Waals surface area contributed by atoms with Gasteiger partial charge in [-0.3, -0.25) is 4.79 Å². The molecule has 17 heavy (non-hydrogen) atoms. The van der Waals surface area contributed by atoms with E-state index in [1.165, 1.54) is 18.6 Å². The van der Waals surface area contributed by atoms with E-state index >= 15 is 0 Å². The van der Waals surface area contributed by atoms with Crippen molar-refractivity contribution in [3.8, 4) is 0 Å². The van der Waals surface area contributed by atoms with Crippen LogP contribution in [0.2, 0.25) is 0 Å². The first kappa shape index (κ1) is 12.6. The van der Waals surface area contributed by atoms with Crippen LogP contribution >= 0.6 is 0 Å². The number of nitrogens with zero attached hydrogens (tertiary/aromatic N) is 1. The predicted molar refractivity (Wildman–Crippen MR) is 67.5 cm³/mol. The molecule has 1 saturated heterocycles. The first-order chi connectivity index (χ1) is 7.85.